The number of carbonyl (C=O) groups is 1. The highest BCUT2D eigenvalue weighted by atomic mass is 35.5. The quantitative estimate of drug-likeness (QED) is 0.808. The van der Waals surface area contributed by atoms with Gasteiger partial charge in [0, 0.05) is 17.7 Å². The molecule has 2 aromatic rings. The minimum absolute atomic E-state index is 0.357. The number of rotatable bonds is 4. The van der Waals surface area contributed by atoms with Gasteiger partial charge in [-0.15, -0.1) is 11.3 Å². The molecule has 1 aromatic heterocycles. The molecule has 0 radical (unpaired) electrons. The second kappa shape index (κ2) is 9.59. The van der Waals surface area contributed by atoms with Crippen LogP contribution in [-0.4, -0.2) is 5.97 Å². The summed E-state index contributed by atoms with van der Waals surface area (Å²) in [5.41, 5.74) is 1.39. The predicted molar refractivity (Wildman–Crippen MR) is 80.4 cm³/mol. The lowest BCUT2D eigenvalue weighted by Crippen LogP contribution is -1.93. The Morgan fingerprint density at radius 2 is 1.95 bits per heavy atom. The Morgan fingerprint density at radius 3 is 2.42 bits per heavy atom. The first-order valence-corrected chi connectivity index (χ1v) is 7.32. The van der Waals surface area contributed by atoms with Crippen LogP contribution in [-0.2, 0) is 15.5 Å². The third-order valence-electron chi connectivity index (χ3n) is 2.34. The molecule has 0 amide bonds. The molecule has 0 bridgehead atoms. The maximum atomic E-state index is 10.1. The van der Waals surface area contributed by atoms with E-state index in [9.17, 15) is 4.79 Å². The highest BCUT2D eigenvalue weighted by molar-refractivity contribution is 7.09. The van der Waals surface area contributed by atoms with Crippen LogP contribution in [0.3, 0.4) is 0 Å². The van der Waals surface area contributed by atoms with E-state index in [4.69, 9.17) is 0 Å². The maximum absolute atomic E-state index is 10.1. The van der Waals surface area contributed by atoms with Gasteiger partial charge in [-0.1, -0.05) is 43.3 Å². The zero-order valence-electron chi connectivity index (χ0n) is 10.8. The van der Waals surface area contributed by atoms with Gasteiger partial charge in [-0.3, -0.25) is 4.79 Å². The number of halogens is 1. The molecular formula is C15H17ClO2S. The molecule has 0 aliphatic heterocycles. The molecule has 0 atom stereocenters. The topological polar surface area (TPSA) is 26.3 Å². The second-order valence-electron chi connectivity index (χ2n) is 3.94. The van der Waals surface area contributed by atoms with Crippen LogP contribution in [0.1, 0.15) is 30.2 Å². The normalized spacial score (nSPS) is 9.37. The van der Waals surface area contributed by atoms with Crippen LogP contribution >= 0.6 is 23.2 Å². The summed E-state index contributed by atoms with van der Waals surface area (Å²) >= 11 is 6.50. The van der Waals surface area contributed by atoms with Gasteiger partial charge in [-0.05, 0) is 23.4 Å². The molecule has 1 aromatic carbocycles. The lowest BCUT2D eigenvalue weighted by atomic mass is 10.1. The van der Waals surface area contributed by atoms with Crippen molar-refractivity contribution in [1.29, 1.82) is 0 Å². The summed E-state index contributed by atoms with van der Waals surface area (Å²) in [7, 11) is 0. The van der Waals surface area contributed by atoms with E-state index >= 15 is 0 Å². The van der Waals surface area contributed by atoms with Gasteiger partial charge in [0.15, 0.2) is 0 Å². The van der Waals surface area contributed by atoms with Crippen LogP contribution in [0.4, 0.5) is 0 Å². The fraction of sp³-hybridized carbons (Fsp3) is 0.267. The molecule has 4 heteroatoms. The molecule has 0 saturated heterocycles. The fourth-order valence-electron chi connectivity index (χ4n) is 1.45. The number of benzene rings is 1. The Bertz CT molecular complexity index is 454. The molecule has 19 heavy (non-hydrogen) atoms. The Labute approximate surface area is 123 Å². The molecule has 0 N–H and O–H groups in total. The molecule has 0 spiro atoms. The summed E-state index contributed by atoms with van der Waals surface area (Å²) in [6.07, 6.45) is 2.26. The van der Waals surface area contributed by atoms with Crippen LogP contribution < -0.4 is 0 Å². The average Bonchev–Trinajstić information content (AvgIpc) is 2.94. The second-order valence-corrected chi connectivity index (χ2v) is 5.13. The van der Waals surface area contributed by atoms with Crippen LogP contribution in [0.15, 0.2) is 47.8 Å². The van der Waals surface area contributed by atoms with Crippen molar-refractivity contribution < 1.29 is 9.08 Å². The summed E-state index contributed by atoms with van der Waals surface area (Å²) in [5, 5.41) is 2.12. The molecule has 2 rings (SSSR count). The van der Waals surface area contributed by atoms with E-state index in [0.29, 0.717) is 6.42 Å². The number of hydrogen-bond acceptors (Lipinski definition) is 3. The Hall–Kier alpha value is -1.32. The molecule has 102 valence electrons. The van der Waals surface area contributed by atoms with E-state index in [0.717, 1.165) is 12.8 Å². The summed E-state index contributed by atoms with van der Waals surface area (Å²) in [6.45, 7) is 1.88. The molecule has 1 heterocycles. The first kappa shape index (κ1) is 15.7. The van der Waals surface area contributed by atoms with E-state index in [-0.39, 0.29) is 5.97 Å². The van der Waals surface area contributed by atoms with Crippen LogP contribution in [0.25, 0.3) is 0 Å². The average molecular weight is 297 g/mol. The highest BCUT2D eigenvalue weighted by Gasteiger charge is 1.95. The molecule has 2 nitrogen and oxygen atoms in total. The third-order valence-corrected chi connectivity index (χ3v) is 3.39. The molecule has 0 fully saturated rings. The van der Waals surface area contributed by atoms with Crippen molar-refractivity contribution >= 4 is 29.2 Å². The van der Waals surface area contributed by atoms with Gasteiger partial charge in [0.2, 0.25) is 0 Å². The van der Waals surface area contributed by atoms with Gasteiger partial charge in [0.05, 0.1) is 0 Å². The van der Waals surface area contributed by atoms with Crippen molar-refractivity contribution in [2.45, 2.75) is 26.2 Å². The molecule has 0 unspecified atom stereocenters. The minimum Gasteiger partial charge on any atom is -0.348 e. The molecule has 0 aliphatic carbocycles. The molecule has 0 aliphatic rings. The van der Waals surface area contributed by atoms with Crippen LogP contribution in [0, 0.1) is 0 Å². The SMILES string of the molecule is CCCC(=O)OCl.c1ccc(Cc2cccs2)cc1. The number of thiophene rings is 1. The largest absolute Gasteiger partial charge is 0.348 e. The molecular weight excluding hydrogens is 280 g/mol. The van der Waals surface area contributed by atoms with Gasteiger partial charge < -0.3 is 4.29 Å². The Balaban J connectivity index is 0.000000224. The lowest BCUT2D eigenvalue weighted by molar-refractivity contribution is -0.133. The lowest BCUT2D eigenvalue weighted by Gasteiger charge is -1.96. The van der Waals surface area contributed by atoms with Gasteiger partial charge in [0.25, 0.3) is 0 Å². The van der Waals surface area contributed by atoms with Gasteiger partial charge >= 0.3 is 5.97 Å². The summed E-state index contributed by atoms with van der Waals surface area (Å²) in [4.78, 5) is 11.5. The summed E-state index contributed by atoms with van der Waals surface area (Å²) in [5.74, 6) is -0.357. The standard InChI is InChI=1S/C11H10S.C4H7ClO2/c1-2-5-10(6-3-1)9-11-7-4-8-12-11;1-2-3-4(6)7-5/h1-8H,9H2;2-3H2,1H3. The van der Waals surface area contributed by atoms with Crippen molar-refractivity contribution in [3.63, 3.8) is 0 Å². The fourth-order valence-corrected chi connectivity index (χ4v) is 2.27. The van der Waals surface area contributed by atoms with Crippen molar-refractivity contribution in [1.82, 2.24) is 0 Å². The van der Waals surface area contributed by atoms with Crippen molar-refractivity contribution in [2.75, 3.05) is 0 Å². The first-order chi connectivity index (χ1) is 9.26. The van der Waals surface area contributed by atoms with Gasteiger partial charge in [-0.25, -0.2) is 0 Å². The maximum Gasteiger partial charge on any atom is 0.324 e. The minimum atomic E-state index is -0.357. The van der Waals surface area contributed by atoms with Gasteiger partial charge in [-0.2, -0.15) is 0 Å². The Kier molecular flexibility index (Phi) is 7.94. The van der Waals surface area contributed by atoms with E-state index in [1.165, 1.54) is 10.4 Å². The predicted octanol–water partition coefficient (Wildman–Crippen LogP) is 4.82. The highest BCUT2D eigenvalue weighted by Crippen LogP contribution is 2.13. The van der Waals surface area contributed by atoms with E-state index < -0.39 is 0 Å². The Morgan fingerprint density at radius 1 is 1.21 bits per heavy atom. The zero-order chi connectivity index (χ0) is 13.9. The molecule has 0 saturated carbocycles. The van der Waals surface area contributed by atoms with Crippen molar-refractivity contribution in [3.05, 3.63) is 58.3 Å². The van der Waals surface area contributed by atoms with E-state index in [1.54, 1.807) is 0 Å². The summed E-state index contributed by atoms with van der Waals surface area (Å²) in [6, 6.07) is 14.8. The van der Waals surface area contributed by atoms with Crippen molar-refractivity contribution in [3.8, 4) is 0 Å². The monoisotopic (exact) mass is 296 g/mol. The van der Waals surface area contributed by atoms with E-state index in [1.807, 2.05) is 18.3 Å². The summed E-state index contributed by atoms with van der Waals surface area (Å²) < 4.78 is 3.82. The van der Waals surface area contributed by atoms with Gasteiger partial charge in [0.1, 0.15) is 11.9 Å². The van der Waals surface area contributed by atoms with Crippen molar-refractivity contribution in [2.24, 2.45) is 0 Å². The van der Waals surface area contributed by atoms with E-state index in [2.05, 4.69) is 64.0 Å². The van der Waals surface area contributed by atoms with Crippen LogP contribution in [0.2, 0.25) is 0 Å². The smallest absolute Gasteiger partial charge is 0.324 e. The van der Waals surface area contributed by atoms with Crippen LogP contribution in [0.5, 0.6) is 0 Å². The number of hydrogen-bond donors (Lipinski definition) is 0. The third kappa shape index (κ3) is 6.99. The zero-order valence-corrected chi connectivity index (χ0v) is 12.4. The first-order valence-electron chi connectivity index (χ1n) is 6.14. The number of carbonyl (C=O) groups excluding carboxylic acids is 1.